The Morgan fingerprint density at radius 3 is 2.67 bits per heavy atom. The molecular weight excluding hydrogens is 214 g/mol. The van der Waals surface area contributed by atoms with Crippen LogP contribution in [0.2, 0.25) is 5.02 Å². The topological polar surface area (TPSA) is 35.1 Å². The lowest BCUT2D eigenvalue weighted by Gasteiger charge is -2.05. The maximum Gasteiger partial charge on any atom is 0.420 e. The van der Waals surface area contributed by atoms with Crippen LogP contribution in [-0.4, -0.2) is 4.57 Å². The number of benzene rings is 1. The zero-order chi connectivity index (χ0) is 11.2. The molecule has 1 heterocycles. The Kier molecular flexibility index (Phi) is 2.35. The fourth-order valence-electron chi connectivity index (χ4n) is 1.65. The summed E-state index contributed by atoms with van der Waals surface area (Å²) in [5.41, 5.74) is 2.29. The molecule has 0 unspecified atom stereocenters. The van der Waals surface area contributed by atoms with Crippen molar-refractivity contribution in [2.75, 3.05) is 0 Å². The van der Waals surface area contributed by atoms with E-state index in [0.717, 1.165) is 11.1 Å². The van der Waals surface area contributed by atoms with Gasteiger partial charge < -0.3 is 4.42 Å². The summed E-state index contributed by atoms with van der Waals surface area (Å²) in [7, 11) is 0. The minimum atomic E-state index is -0.332. The van der Waals surface area contributed by atoms with E-state index in [2.05, 4.69) is 0 Å². The fourth-order valence-corrected chi connectivity index (χ4v) is 1.80. The second kappa shape index (κ2) is 3.42. The van der Waals surface area contributed by atoms with Crippen LogP contribution in [0.4, 0.5) is 0 Å². The molecule has 0 radical (unpaired) electrons. The van der Waals surface area contributed by atoms with Crippen molar-refractivity contribution in [3.05, 3.63) is 33.3 Å². The molecule has 0 amide bonds. The van der Waals surface area contributed by atoms with Crippen molar-refractivity contribution in [2.45, 2.75) is 26.8 Å². The maximum atomic E-state index is 11.6. The summed E-state index contributed by atoms with van der Waals surface area (Å²) >= 11 is 5.96. The van der Waals surface area contributed by atoms with Crippen molar-refractivity contribution >= 4 is 22.7 Å². The molecule has 0 spiro atoms. The van der Waals surface area contributed by atoms with Crippen LogP contribution < -0.4 is 5.76 Å². The molecule has 4 heteroatoms. The average Bonchev–Trinajstić information content (AvgIpc) is 2.41. The van der Waals surface area contributed by atoms with Crippen molar-refractivity contribution in [1.29, 1.82) is 0 Å². The molecule has 2 rings (SSSR count). The van der Waals surface area contributed by atoms with E-state index in [1.54, 1.807) is 10.6 Å². The molecule has 0 atom stereocenters. The van der Waals surface area contributed by atoms with E-state index in [1.807, 2.05) is 26.8 Å². The molecule has 3 nitrogen and oxygen atoms in total. The molecule has 0 saturated carbocycles. The first kappa shape index (κ1) is 10.3. The van der Waals surface area contributed by atoms with Gasteiger partial charge in [0, 0.05) is 17.1 Å². The first-order chi connectivity index (χ1) is 7.00. The normalized spacial score (nSPS) is 11.5. The number of halogens is 1. The Morgan fingerprint density at radius 2 is 2.07 bits per heavy atom. The zero-order valence-electron chi connectivity index (χ0n) is 8.87. The molecule has 0 aliphatic carbocycles. The molecule has 1 aromatic carbocycles. The van der Waals surface area contributed by atoms with Gasteiger partial charge in [-0.2, -0.15) is 0 Å². The number of nitrogens with zero attached hydrogens (tertiary/aromatic N) is 1. The first-order valence-corrected chi connectivity index (χ1v) is 5.19. The number of hydrogen-bond donors (Lipinski definition) is 0. The molecule has 1 aromatic heterocycles. The Bertz CT molecular complexity index is 566. The number of hydrogen-bond acceptors (Lipinski definition) is 2. The molecule has 0 saturated heterocycles. The lowest BCUT2D eigenvalue weighted by Crippen LogP contribution is -2.15. The van der Waals surface area contributed by atoms with E-state index in [4.69, 9.17) is 16.0 Å². The summed E-state index contributed by atoms with van der Waals surface area (Å²) in [6.07, 6.45) is 0. The molecule has 80 valence electrons. The van der Waals surface area contributed by atoms with E-state index in [1.165, 1.54) is 0 Å². The van der Waals surface area contributed by atoms with Crippen LogP contribution in [0.1, 0.15) is 25.5 Å². The van der Waals surface area contributed by atoms with Crippen molar-refractivity contribution in [1.82, 2.24) is 4.57 Å². The van der Waals surface area contributed by atoms with E-state index >= 15 is 0 Å². The minimum Gasteiger partial charge on any atom is -0.408 e. The molecule has 0 N–H and O–H groups in total. The number of fused-ring (bicyclic) bond motifs is 1. The quantitative estimate of drug-likeness (QED) is 0.748. The van der Waals surface area contributed by atoms with E-state index in [0.29, 0.717) is 10.6 Å². The molecular formula is C11H12ClNO2. The monoisotopic (exact) mass is 225 g/mol. The molecule has 0 aliphatic heterocycles. The molecule has 2 aromatic rings. The van der Waals surface area contributed by atoms with Crippen LogP contribution in [0.15, 0.2) is 21.3 Å². The highest BCUT2D eigenvalue weighted by atomic mass is 35.5. The summed E-state index contributed by atoms with van der Waals surface area (Å²) in [6, 6.07) is 3.65. The van der Waals surface area contributed by atoms with Crippen LogP contribution in [-0.2, 0) is 0 Å². The van der Waals surface area contributed by atoms with Crippen molar-refractivity contribution in [3.8, 4) is 0 Å². The minimum absolute atomic E-state index is 0.0827. The van der Waals surface area contributed by atoms with E-state index in [-0.39, 0.29) is 11.8 Å². The lowest BCUT2D eigenvalue weighted by atomic mass is 10.2. The van der Waals surface area contributed by atoms with Gasteiger partial charge in [-0.1, -0.05) is 11.6 Å². The van der Waals surface area contributed by atoms with E-state index < -0.39 is 0 Å². The highest BCUT2D eigenvalue weighted by Gasteiger charge is 2.13. The van der Waals surface area contributed by atoms with Gasteiger partial charge >= 0.3 is 5.76 Å². The van der Waals surface area contributed by atoms with Gasteiger partial charge in [0.25, 0.3) is 0 Å². The molecule has 0 aliphatic rings. The third kappa shape index (κ3) is 1.57. The lowest BCUT2D eigenvalue weighted by molar-refractivity contribution is 0.478. The van der Waals surface area contributed by atoms with E-state index in [9.17, 15) is 4.79 Å². The van der Waals surface area contributed by atoms with Gasteiger partial charge in [0.1, 0.15) is 0 Å². The second-order valence-corrected chi connectivity index (χ2v) is 4.31. The summed E-state index contributed by atoms with van der Waals surface area (Å²) < 4.78 is 6.74. The average molecular weight is 226 g/mol. The van der Waals surface area contributed by atoms with Crippen LogP contribution >= 0.6 is 11.6 Å². The largest absolute Gasteiger partial charge is 0.420 e. The smallest absolute Gasteiger partial charge is 0.408 e. The number of aromatic nitrogens is 1. The first-order valence-electron chi connectivity index (χ1n) is 4.82. The van der Waals surface area contributed by atoms with Crippen LogP contribution in [0.25, 0.3) is 11.1 Å². The summed E-state index contributed by atoms with van der Waals surface area (Å²) in [5, 5.41) is 0.618. The Labute approximate surface area is 92.3 Å². The third-order valence-electron chi connectivity index (χ3n) is 2.41. The van der Waals surface area contributed by atoms with Crippen LogP contribution in [0.3, 0.4) is 0 Å². The third-order valence-corrected chi connectivity index (χ3v) is 2.82. The highest BCUT2D eigenvalue weighted by Crippen LogP contribution is 2.24. The molecule has 0 fully saturated rings. The van der Waals surface area contributed by atoms with Gasteiger partial charge in [-0.3, -0.25) is 4.57 Å². The standard InChI is InChI=1S/C11H12ClNO2/c1-6(2)13-9-4-7(3)8(12)5-10(9)15-11(13)14/h4-6H,1-3H3. The SMILES string of the molecule is Cc1cc2c(cc1Cl)oc(=O)n2C(C)C. The summed E-state index contributed by atoms with van der Waals surface area (Å²) in [5.74, 6) is -0.332. The van der Waals surface area contributed by atoms with Crippen LogP contribution in [0.5, 0.6) is 0 Å². The van der Waals surface area contributed by atoms with Crippen molar-refractivity contribution in [3.63, 3.8) is 0 Å². The summed E-state index contributed by atoms with van der Waals surface area (Å²) in [4.78, 5) is 11.6. The Hall–Kier alpha value is -1.22. The maximum absolute atomic E-state index is 11.6. The van der Waals surface area contributed by atoms with Gasteiger partial charge in [-0.25, -0.2) is 4.79 Å². The van der Waals surface area contributed by atoms with Gasteiger partial charge in [0.05, 0.1) is 5.52 Å². The predicted octanol–water partition coefficient (Wildman–Crippen LogP) is 3.14. The molecule has 0 bridgehead atoms. The van der Waals surface area contributed by atoms with Crippen molar-refractivity contribution < 1.29 is 4.42 Å². The Morgan fingerprint density at radius 1 is 1.40 bits per heavy atom. The van der Waals surface area contributed by atoms with Crippen molar-refractivity contribution in [2.24, 2.45) is 0 Å². The van der Waals surface area contributed by atoms with Crippen LogP contribution in [0, 0.1) is 6.92 Å². The number of oxazole rings is 1. The van der Waals surface area contributed by atoms with Gasteiger partial charge in [-0.15, -0.1) is 0 Å². The van der Waals surface area contributed by atoms with Gasteiger partial charge in [0.2, 0.25) is 0 Å². The number of aryl methyl sites for hydroxylation is 1. The Balaban J connectivity index is 2.88. The van der Waals surface area contributed by atoms with Gasteiger partial charge in [0.15, 0.2) is 5.58 Å². The molecule has 15 heavy (non-hydrogen) atoms. The fraction of sp³-hybridized carbons (Fsp3) is 0.364. The van der Waals surface area contributed by atoms with Gasteiger partial charge in [-0.05, 0) is 32.4 Å². The summed E-state index contributed by atoms with van der Waals surface area (Å²) in [6.45, 7) is 5.80. The zero-order valence-corrected chi connectivity index (χ0v) is 9.63. The number of rotatable bonds is 1. The predicted molar refractivity (Wildman–Crippen MR) is 60.6 cm³/mol. The highest BCUT2D eigenvalue weighted by molar-refractivity contribution is 6.32. The second-order valence-electron chi connectivity index (χ2n) is 3.90.